The zero-order chi connectivity index (χ0) is 9.42. The van der Waals surface area contributed by atoms with Gasteiger partial charge in [0, 0.05) is 22.1 Å². The van der Waals surface area contributed by atoms with Crippen LogP contribution in [-0.4, -0.2) is 9.91 Å². The number of rotatable bonds is 1. The van der Waals surface area contributed by atoms with Crippen LogP contribution in [0, 0.1) is 10.1 Å². The maximum atomic E-state index is 10.6. The molecule has 1 heterocycles. The van der Waals surface area contributed by atoms with Crippen molar-refractivity contribution in [1.29, 1.82) is 0 Å². The maximum Gasteiger partial charge on any atom is 0.294 e. The van der Waals surface area contributed by atoms with E-state index in [0.717, 1.165) is 5.39 Å². The Balaban J connectivity index is 2.84. The number of hydrogen-bond acceptors (Lipinski definition) is 2. The van der Waals surface area contributed by atoms with Crippen molar-refractivity contribution in [3.8, 4) is 0 Å². The summed E-state index contributed by atoms with van der Waals surface area (Å²) in [6.45, 7) is 0. The zero-order valence-electron chi connectivity index (χ0n) is 6.45. The van der Waals surface area contributed by atoms with Gasteiger partial charge in [0.15, 0.2) is 0 Å². The number of nitrogens with one attached hydrogen (secondary N) is 1. The van der Waals surface area contributed by atoms with E-state index in [1.807, 2.05) is 6.07 Å². The smallest absolute Gasteiger partial charge is 0.294 e. The lowest BCUT2D eigenvalue weighted by Crippen LogP contribution is -1.89. The van der Waals surface area contributed by atoms with E-state index in [1.54, 1.807) is 12.3 Å². The molecule has 5 heteroatoms. The minimum atomic E-state index is -0.399. The van der Waals surface area contributed by atoms with Gasteiger partial charge in [-0.25, -0.2) is 0 Å². The quantitative estimate of drug-likeness (QED) is 0.616. The molecule has 0 saturated carbocycles. The van der Waals surface area contributed by atoms with Crippen molar-refractivity contribution in [2.45, 2.75) is 0 Å². The van der Waals surface area contributed by atoms with Crippen LogP contribution in [0.25, 0.3) is 10.9 Å². The molecule has 66 valence electrons. The first kappa shape index (κ1) is 8.25. The minimum Gasteiger partial charge on any atom is -0.356 e. The van der Waals surface area contributed by atoms with Gasteiger partial charge < -0.3 is 4.98 Å². The third kappa shape index (κ3) is 1.31. The van der Waals surface area contributed by atoms with Crippen molar-refractivity contribution in [3.63, 3.8) is 0 Å². The van der Waals surface area contributed by atoms with Crippen molar-refractivity contribution >= 4 is 32.5 Å². The Morgan fingerprint density at radius 3 is 2.92 bits per heavy atom. The highest BCUT2D eigenvalue weighted by atomic mass is 79.9. The first-order chi connectivity index (χ1) is 6.18. The van der Waals surface area contributed by atoms with E-state index >= 15 is 0 Å². The highest BCUT2D eigenvalue weighted by Crippen LogP contribution is 2.28. The summed E-state index contributed by atoms with van der Waals surface area (Å²) < 4.78 is 0.714. The Labute approximate surface area is 81.8 Å². The molecule has 0 amide bonds. The monoisotopic (exact) mass is 240 g/mol. The second-order valence-corrected chi connectivity index (χ2v) is 3.54. The van der Waals surface area contributed by atoms with Gasteiger partial charge in [-0.05, 0) is 12.1 Å². The average molecular weight is 241 g/mol. The number of nitro benzene ring substituents is 1. The van der Waals surface area contributed by atoms with Crippen LogP contribution in [0.5, 0.6) is 0 Å². The van der Waals surface area contributed by atoms with E-state index in [-0.39, 0.29) is 5.69 Å². The first-order valence-electron chi connectivity index (χ1n) is 3.59. The summed E-state index contributed by atoms with van der Waals surface area (Å²) in [5, 5.41) is 11.5. The molecule has 0 fully saturated rings. The van der Waals surface area contributed by atoms with E-state index in [0.29, 0.717) is 9.99 Å². The molecule has 2 rings (SSSR count). The van der Waals surface area contributed by atoms with Gasteiger partial charge in [0.1, 0.15) is 5.52 Å². The maximum absolute atomic E-state index is 10.6. The third-order valence-electron chi connectivity index (χ3n) is 1.80. The summed E-state index contributed by atoms with van der Waals surface area (Å²) in [7, 11) is 0. The van der Waals surface area contributed by atoms with Crippen LogP contribution in [0.3, 0.4) is 0 Å². The largest absolute Gasteiger partial charge is 0.356 e. The number of aromatic amines is 1. The molecule has 1 N–H and O–H groups in total. The number of fused-ring (bicyclic) bond motifs is 1. The molecule has 0 aliphatic heterocycles. The number of hydrogen-bond donors (Lipinski definition) is 1. The predicted octanol–water partition coefficient (Wildman–Crippen LogP) is 2.84. The number of nitro groups is 1. The Morgan fingerprint density at radius 2 is 2.23 bits per heavy atom. The van der Waals surface area contributed by atoms with E-state index in [9.17, 15) is 10.1 Å². The number of non-ortho nitro benzene ring substituents is 1. The van der Waals surface area contributed by atoms with Gasteiger partial charge in [0.25, 0.3) is 5.69 Å². The fourth-order valence-electron chi connectivity index (χ4n) is 1.26. The standard InChI is InChI=1S/C8H5BrN2O2/c9-6-3-5-1-2-10-8(5)7(4-6)11(12)13/h1-4,10H. The molecule has 2 aromatic rings. The molecular formula is C8H5BrN2O2. The van der Waals surface area contributed by atoms with Crippen LogP contribution in [0.4, 0.5) is 5.69 Å². The van der Waals surface area contributed by atoms with Gasteiger partial charge in [-0.2, -0.15) is 0 Å². The minimum absolute atomic E-state index is 0.0920. The number of aromatic nitrogens is 1. The van der Waals surface area contributed by atoms with Crippen molar-refractivity contribution in [1.82, 2.24) is 4.98 Å². The van der Waals surface area contributed by atoms with E-state index in [4.69, 9.17) is 0 Å². The molecule has 0 saturated heterocycles. The number of nitrogens with zero attached hydrogens (tertiary/aromatic N) is 1. The molecule has 0 spiro atoms. The second kappa shape index (κ2) is 2.85. The molecule has 0 bridgehead atoms. The van der Waals surface area contributed by atoms with E-state index < -0.39 is 4.92 Å². The number of benzene rings is 1. The Morgan fingerprint density at radius 1 is 1.46 bits per heavy atom. The van der Waals surface area contributed by atoms with Gasteiger partial charge >= 0.3 is 0 Å². The third-order valence-corrected chi connectivity index (χ3v) is 2.26. The van der Waals surface area contributed by atoms with E-state index in [2.05, 4.69) is 20.9 Å². The fourth-order valence-corrected chi connectivity index (χ4v) is 1.72. The molecule has 4 nitrogen and oxygen atoms in total. The van der Waals surface area contributed by atoms with Gasteiger partial charge in [-0.3, -0.25) is 10.1 Å². The van der Waals surface area contributed by atoms with Crippen LogP contribution in [0.15, 0.2) is 28.9 Å². The molecule has 0 atom stereocenters. The Kier molecular flexibility index (Phi) is 1.81. The molecule has 0 radical (unpaired) electrons. The Hall–Kier alpha value is -1.36. The fraction of sp³-hybridized carbons (Fsp3) is 0. The summed E-state index contributed by atoms with van der Waals surface area (Å²) in [5.74, 6) is 0. The van der Waals surface area contributed by atoms with Crippen LogP contribution in [-0.2, 0) is 0 Å². The van der Waals surface area contributed by atoms with Gasteiger partial charge in [-0.15, -0.1) is 0 Å². The molecular weight excluding hydrogens is 236 g/mol. The van der Waals surface area contributed by atoms with Crippen molar-refractivity contribution in [2.24, 2.45) is 0 Å². The normalized spacial score (nSPS) is 10.5. The number of H-pyrrole nitrogens is 1. The van der Waals surface area contributed by atoms with Crippen molar-refractivity contribution < 1.29 is 4.92 Å². The first-order valence-corrected chi connectivity index (χ1v) is 4.39. The highest BCUT2D eigenvalue weighted by Gasteiger charge is 2.13. The topological polar surface area (TPSA) is 58.9 Å². The lowest BCUT2D eigenvalue weighted by atomic mass is 10.2. The van der Waals surface area contributed by atoms with Crippen LogP contribution >= 0.6 is 15.9 Å². The molecule has 0 unspecified atom stereocenters. The summed E-state index contributed by atoms with van der Waals surface area (Å²) in [6, 6.07) is 5.12. The lowest BCUT2D eigenvalue weighted by Gasteiger charge is -1.95. The molecule has 1 aromatic carbocycles. The SMILES string of the molecule is O=[N+]([O-])c1cc(Br)cc2cc[nH]c12. The summed E-state index contributed by atoms with van der Waals surface area (Å²) in [5.41, 5.74) is 0.655. The average Bonchev–Trinajstić information content (AvgIpc) is 2.49. The Bertz CT molecular complexity index is 478. The molecule has 0 aliphatic rings. The molecule has 13 heavy (non-hydrogen) atoms. The van der Waals surface area contributed by atoms with Gasteiger partial charge in [-0.1, -0.05) is 15.9 Å². The zero-order valence-corrected chi connectivity index (χ0v) is 8.04. The van der Waals surface area contributed by atoms with Crippen LogP contribution in [0.1, 0.15) is 0 Å². The molecule has 0 aliphatic carbocycles. The summed E-state index contributed by atoms with van der Waals surface area (Å²) in [4.78, 5) is 13.1. The van der Waals surface area contributed by atoms with Crippen molar-refractivity contribution in [3.05, 3.63) is 39.0 Å². The number of halogens is 1. The van der Waals surface area contributed by atoms with Gasteiger partial charge in [0.05, 0.1) is 4.92 Å². The molecule has 1 aromatic heterocycles. The predicted molar refractivity (Wildman–Crippen MR) is 52.7 cm³/mol. The van der Waals surface area contributed by atoms with Crippen molar-refractivity contribution in [2.75, 3.05) is 0 Å². The van der Waals surface area contributed by atoms with Gasteiger partial charge in [0.2, 0.25) is 0 Å². The van der Waals surface area contributed by atoms with E-state index in [1.165, 1.54) is 6.07 Å². The summed E-state index contributed by atoms with van der Waals surface area (Å²) >= 11 is 3.22. The highest BCUT2D eigenvalue weighted by molar-refractivity contribution is 9.10. The lowest BCUT2D eigenvalue weighted by molar-refractivity contribution is -0.383. The van der Waals surface area contributed by atoms with Crippen LogP contribution in [0.2, 0.25) is 0 Å². The second-order valence-electron chi connectivity index (χ2n) is 2.62. The summed E-state index contributed by atoms with van der Waals surface area (Å²) in [6.07, 6.45) is 1.68. The van der Waals surface area contributed by atoms with Crippen LogP contribution < -0.4 is 0 Å².